The maximum atomic E-state index is 11.1. The van der Waals surface area contributed by atoms with E-state index in [1.807, 2.05) is 0 Å². The number of hydrogen-bond acceptors (Lipinski definition) is 2. The fraction of sp³-hybridized carbons (Fsp3) is 0.625. The summed E-state index contributed by atoms with van der Waals surface area (Å²) < 4.78 is 0. The van der Waals surface area contributed by atoms with E-state index in [1.54, 1.807) is 0 Å². The number of carbonyl (C=O) groups is 1. The molecule has 0 aromatic carbocycles. The zero-order valence-corrected chi connectivity index (χ0v) is 6.34. The van der Waals surface area contributed by atoms with E-state index in [2.05, 4.69) is 11.4 Å². The van der Waals surface area contributed by atoms with Gasteiger partial charge in [0, 0.05) is 11.6 Å². The Morgan fingerprint density at radius 1 is 1.64 bits per heavy atom. The van der Waals surface area contributed by atoms with Crippen LogP contribution in [0.3, 0.4) is 0 Å². The maximum absolute atomic E-state index is 11.1. The fourth-order valence-electron chi connectivity index (χ4n) is 1.83. The number of fused-ring (bicyclic) bond motifs is 1. The lowest BCUT2D eigenvalue weighted by molar-refractivity contribution is -0.120. The summed E-state index contributed by atoms with van der Waals surface area (Å²) in [5.41, 5.74) is 6.74. The van der Waals surface area contributed by atoms with Gasteiger partial charge in [0.1, 0.15) is 0 Å². The Morgan fingerprint density at radius 2 is 2.45 bits per heavy atom. The summed E-state index contributed by atoms with van der Waals surface area (Å²) in [6, 6.07) is -0.290. The molecule has 60 valence electrons. The lowest BCUT2D eigenvalue weighted by Crippen LogP contribution is -2.34. The molecule has 2 aliphatic rings. The average molecular weight is 152 g/mol. The molecule has 0 aromatic rings. The number of nitrogens with two attached hydrogens (primary N) is 1. The molecule has 0 bridgehead atoms. The molecule has 1 heterocycles. The minimum atomic E-state index is -0.290. The fourth-order valence-corrected chi connectivity index (χ4v) is 1.83. The van der Waals surface area contributed by atoms with Gasteiger partial charge in [0.15, 0.2) is 0 Å². The van der Waals surface area contributed by atoms with Crippen LogP contribution in [0.25, 0.3) is 0 Å². The van der Waals surface area contributed by atoms with Crippen molar-refractivity contribution in [1.82, 2.24) is 5.32 Å². The SMILES string of the molecule is NC1C(=O)NC2=CCCCC21. The van der Waals surface area contributed by atoms with Gasteiger partial charge in [-0.2, -0.15) is 0 Å². The lowest BCUT2D eigenvalue weighted by atomic mass is 9.90. The first-order valence-electron chi connectivity index (χ1n) is 4.05. The molecule has 0 radical (unpaired) electrons. The van der Waals surface area contributed by atoms with Gasteiger partial charge in [-0.25, -0.2) is 0 Å². The molecule has 3 nitrogen and oxygen atoms in total. The van der Waals surface area contributed by atoms with Crippen LogP contribution >= 0.6 is 0 Å². The zero-order valence-electron chi connectivity index (χ0n) is 6.34. The number of rotatable bonds is 0. The van der Waals surface area contributed by atoms with Gasteiger partial charge in [0.05, 0.1) is 6.04 Å². The highest BCUT2D eigenvalue weighted by atomic mass is 16.2. The molecular weight excluding hydrogens is 140 g/mol. The molecule has 1 fully saturated rings. The van der Waals surface area contributed by atoms with Crippen molar-refractivity contribution in [2.75, 3.05) is 0 Å². The van der Waals surface area contributed by atoms with E-state index >= 15 is 0 Å². The molecular formula is C8H12N2O. The van der Waals surface area contributed by atoms with Gasteiger partial charge < -0.3 is 11.1 Å². The van der Waals surface area contributed by atoms with Gasteiger partial charge in [-0.15, -0.1) is 0 Å². The van der Waals surface area contributed by atoms with E-state index in [0.29, 0.717) is 0 Å². The van der Waals surface area contributed by atoms with Crippen molar-refractivity contribution in [3.05, 3.63) is 11.8 Å². The monoisotopic (exact) mass is 152 g/mol. The second kappa shape index (κ2) is 2.34. The van der Waals surface area contributed by atoms with Gasteiger partial charge in [0.25, 0.3) is 0 Å². The van der Waals surface area contributed by atoms with Gasteiger partial charge >= 0.3 is 0 Å². The first-order chi connectivity index (χ1) is 5.29. The minimum absolute atomic E-state index is 0.0110. The van der Waals surface area contributed by atoms with Gasteiger partial charge in [-0.1, -0.05) is 6.08 Å². The summed E-state index contributed by atoms with van der Waals surface area (Å²) in [4.78, 5) is 11.1. The van der Waals surface area contributed by atoms with E-state index in [1.165, 1.54) is 0 Å². The molecule has 3 heteroatoms. The quantitative estimate of drug-likeness (QED) is 0.518. The first-order valence-corrected chi connectivity index (χ1v) is 4.05. The summed E-state index contributed by atoms with van der Waals surface area (Å²) in [7, 11) is 0. The Labute approximate surface area is 65.6 Å². The maximum Gasteiger partial charge on any atom is 0.241 e. The second-order valence-corrected chi connectivity index (χ2v) is 3.21. The molecule has 0 saturated carbocycles. The van der Waals surface area contributed by atoms with Crippen molar-refractivity contribution in [3.8, 4) is 0 Å². The van der Waals surface area contributed by atoms with E-state index in [-0.39, 0.29) is 17.9 Å². The Kier molecular flexibility index (Phi) is 1.46. The standard InChI is InChI=1S/C8H12N2O/c9-7-5-3-1-2-4-6(5)10-8(7)11/h4-5,7H,1-3,9H2,(H,10,11). The van der Waals surface area contributed by atoms with Crippen LogP contribution in [0.1, 0.15) is 19.3 Å². The minimum Gasteiger partial charge on any atom is -0.328 e. The molecule has 1 aliphatic carbocycles. The van der Waals surface area contributed by atoms with Crippen LogP contribution in [0.15, 0.2) is 11.8 Å². The van der Waals surface area contributed by atoms with Crippen molar-refractivity contribution in [2.45, 2.75) is 25.3 Å². The molecule has 3 N–H and O–H groups in total. The predicted octanol–water partition coefficient (Wildman–Crippen LogP) is 0.127. The van der Waals surface area contributed by atoms with E-state index in [9.17, 15) is 4.79 Å². The van der Waals surface area contributed by atoms with E-state index in [4.69, 9.17) is 5.73 Å². The Morgan fingerprint density at radius 3 is 3.18 bits per heavy atom. The molecule has 11 heavy (non-hydrogen) atoms. The molecule has 0 aromatic heterocycles. The molecule has 1 aliphatic heterocycles. The molecule has 0 spiro atoms. The van der Waals surface area contributed by atoms with Crippen molar-refractivity contribution in [3.63, 3.8) is 0 Å². The predicted molar refractivity (Wildman–Crippen MR) is 41.5 cm³/mol. The first kappa shape index (κ1) is 6.85. The van der Waals surface area contributed by atoms with Gasteiger partial charge in [-0.05, 0) is 19.3 Å². The van der Waals surface area contributed by atoms with Crippen molar-refractivity contribution < 1.29 is 4.79 Å². The number of amides is 1. The largest absolute Gasteiger partial charge is 0.328 e. The second-order valence-electron chi connectivity index (χ2n) is 3.21. The number of hydrogen-bond donors (Lipinski definition) is 2. The van der Waals surface area contributed by atoms with Crippen molar-refractivity contribution in [2.24, 2.45) is 11.7 Å². The zero-order chi connectivity index (χ0) is 7.84. The number of nitrogens with one attached hydrogen (secondary N) is 1. The van der Waals surface area contributed by atoms with E-state index < -0.39 is 0 Å². The number of allylic oxidation sites excluding steroid dienone is 1. The third-order valence-corrected chi connectivity index (χ3v) is 2.49. The summed E-state index contributed by atoms with van der Waals surface area (Å²) in [5, 5.41) is 2.80. The summed E-state index contributed by atoms with van der Waals surface area (Å²) >= 11 is 0. The third-order valence-electron chi connectivity index (χ3n) is 2.49. The van der Waals surface area contributed by atoms with Crippen LogP contribution in [0.2, 0.25) is 0 Å². The smallest absolute Gasteiger partial charge is 0.241 e. The summed E-state index contributed by atoms with van der Waals surface area (Å²) in [5.74, 6) is 0.277. The summed E-state index contributed by atoms with van der Waals surface area (Å²) in [6.45, 7) is 0. The number of carbonyl (C=O) groups excluding carboxylic acids is 1. The van der Waals surface area contributed by atoms with Crippen LogP contribution in [-0.4, -0.2) is 11.9 Å². The van der Waals surface area contributed by atoms with Crippen LogP contribution in [-0.2, 0) is 4.79 Å². The molecule has 2 unspecified atom stereocenters. The molecule has 1 amide bonds. The third kappa shape index (κ3) is 0.959. The molecule has 2 atom stereocenters. The highest BCUT2D eigenvalue weighted by Gasteiger charge is 2.36. The van der Waals surface area contributed by atoms with Crippen molar-refractivity contribution in [1.29, 1.82) is 0 Å². The average Bonchev–Trinajstić information content (AvgIpc) is 2.30. The van der Waals surface area contributed by atoms with Crippen LogP contribution in [0, 0.1) is 5.92 Å². The summed E-state index contributed by atoms with van der Waals surface area (Å²) in [6.07, 6.45) is 5.40. The highest BCUT2D eigenvalue weighted by Crippen LogP contribution is 2.29. The molecule has 1 saturated heterocycles. The Bertz CT molecular complexity index is 222. The lowest BCUT2D eigenvalue weighted by Gasteiger charge is -2.17. The normalized spacial score (nSPS) is 36.1. The van der Waals surface area contributed by atoms with Gasteiger partial charge in [-0.3, -0.25) is 4.79 Å². The Hall–Kier alpha value is -0.830. The van der Waals surface area contributed by atoms with Crippen molar-refractivity contribution >= 4 is 5.91 Å². The van der Waals surface area contributed by atoms with Gasteiger partial charge in [0.2, 0.25) is 5.91 Å². The van der Waals surface area contributed by atoms with Crippen LogP contribution in [0.5, 0.6) is 0 Å². The van der Waals surface area contributed by atoms with E-state index in [0.717, 1.165) is 25.0 Å². The highest BCUT2D eigenvalue weighted by molar-refractivity contribution is 5.87. The Balaban J connectivity index is 2.26. The topological polar surface area (TPSA) is 55.1 Å². The van der Waals surface area contributed by atoms with Crippen LogP contribution < -0.4 is 11.1 Å². The molecule has 2 rings (SSSR count). The van der Waals surface area contributed by atoms with Crippen LogP contribution in [0.4, 0.5) is 0 Å².